The van der Waals surface area contributed by atoms with Crippen molar-refractivity contribution in [3.05, 3.63) is 33.6 Å². The van der Waals surface area contributed by atoms with Gasteiger partial charge >= 0.3 is 5.97 Å². The molecule has 1 aromatic carbocycles. The summed E-state index contributed by atoms with van der Waals surface area (Å²) in [6.07, 6.45) is -0.203. The van der Waals surface area contributed by atoms with Crippen molar-refractivity contribution in [2.75, 3.05) is 25.6 Å². The summed E-state index contributed by atoms with van der Waals surface area (Å²) in [5, 5.41) is 20.3. The predicted octanol–water partition coefficient (Wildman–Crippen LogP) is 1.73. The third-order valence-electron chi connectivity index (χ3n) is 2.96. The molecule has 116 valence electrons. The van der Waals surface area contributed by atoms with Crippen molar-refractivity contribution in [1.29, 1.82) is 0 Å². The Balaban J connectivity index is 3.25. The minimum Gasteiger partial charge on any atom is -0.465 e. The Morgan fingerprint density at radius 2 is 2.19 bits per heavy atom. The number of rotatable bonds is 6. The zero-order valence-electron chi connectivity index (χ0n) is 12.0. The average Bonchev–Trinajstić information content (AvgIpc) is 2.43. The van der Waals surface area contributed by atoms with Crippen LogP contribution in [0, 0.1) is 15.9 Å². The highest BCUT2D eigenvalue weighted by Gasteiger charge is 2.24. The van der Waals surface area contributed by atoms with Crippen molar-refractivity contribution in [2.24, 2.45) is 0 Å². The molecule has 1 unspecified atom stereocenters. The SMILES string of the molecule is COC(=O)c1cc(N(C)CCC(C)O)c([N+](=O)[O-])cc1F. The molecule has 0 aliphatic carbocycles. The lowest BCUT2D eigenvalue weighted by Gasteiger charge is -2.20. The number of halogens is 1. The van der Waals surface area contributed by atoms with E-state index in [1.807, 2.05) is 0 Å². The van der Waals surface area contributed by atoms with Crippen molar-refractivity contribution in [3.8, 4) is 0 Å². The van der Waals surface area contributed by atoms with Gasteiger partial charge in [-0.3, -0.25) is 10.1 Å². The largest absolute Gasteiger partial charge is 0.465 e. The Labute approximate surface area is 121 Å². The molecule has 0 saturated heterocycles. The highest BCUT2D eigenvalue weighted by atomic mass is 19.1. The van der Waals surface area contributed by atoms with Crippen LogP contribution in [0.25, 0.3) is 0 Å². The number of nitro benzene ring substituents is 1. The van der Waals surface area contributed by atoms with Crippen LogP contribution in [-0.2, 0) is 4.74 Å². The van der Waals surface area contributed by atoms with Crippen LogP contribution >= 0.6 is 0 Å². The van der Waals surface area contributed by atoms with Gasteiger partial charge in [-0.05, 0) is 19.4 Å². The van der Waals surface area contributed by atoms with Crippen LogP contribution in [0.2, 0.25) is 0 Å². The van der Waals surface area contributed by atoms with E-state index < -0.39 is 28.5 Å². The second-order valence-electron chi connectivity index (χ2n) is 4.63. The van der Waals surface area contributed by atoms with E-state index in [0.717, 1.165) is 13.2 Å². The summed E-state index contributed by atoms with van der Waals surface area (Å²) in [5.74, 6) is -1.92. The van der Waals surface area contributed by atoms with E-state index in [0.29, 0.717) is 19.0 Å². The number of nitro groups is 1. The van der Waals surface area contributed by atoms with Gasteiger partial charge in [-0.2, -0.15) is 0 Å². The van der Waals surface area contributed by atoms with Gasteiger partial charge in [0.25, 0.3) is 5.69 Å². The lowest BCUT2D eigenvalue weighted by Crippen LogP contribution is -2.23. The van der Waals surface area contributed by atoms with Crippen LogP contribution in [0.3, 0.4) is 0 Å². The van der Waals surface area contributed by atoms with E-state index >= 15 is 0 Å². The number of aliphatic hydroxyl groups excluding tert-OH is 1. The summed E-state index contributed by atoms with van der Waals surface area (Å²) >= 11 is 0. The molecule has 1 rings (SSSR count). The molecule has 1 N–H and O–H groups in total. The highest BCUT2D eigenvalue weighted by molar-refractivity contribution is 5.92. The normalized spacial score (nSPS) is 11.9. The molecule has 0 fully saturated rings. The summed E-state index contributed by atoms with van der Waals surface area (Å²) < 4.78 is 18.2. The summed E-state index contributed by atoms with van der Waals surface area (Å²) in [4.78, 5) is 23.2. The summed E-state index contributed by atoms with van der Waals surface area (Å²) in [5.41, 5.74) is -0.738. The molecule has 0 saturated carbocycles. The first kappa shape index (κ1) is 16.8. The van der Waals surface area contributed by atoms with Crippen molar-refractivity contribution in [3.63, 3.8) is 0 Å². The number of hydrogen-bond donors (Lipinski definition) is 1. The predicted molar refractivity (Wildman–Crippen MR) is 74.0 cm³/mol. The number of carbonyl (C=O) groups excluding carboxylic acids is 1. The molecule has 1 aromatic rings. The summed E-state index contributed by atoms with van der Waals surface area (Å²) in [7, 11) is 2.66. The fourth-order valence-electron chi connectivity index (χ4n) is 1.77. The van der Waals surface area contributed by atoms with Gasteiger partial charge in [-0.15, -0.1) is 0 Å². The van der Waals surface area contributed by atoms with Crippen LogP contribution in [-0.4, -0.2) is 42.8 Å². The molecule has 0 spiro atoms. The van der Waals surface area contributed by atoms with Crippen molar-refractivity contribution in [2.45, 2.75) is 19.4 Å². The van der Waals surface area contributed by atoms with Crippen LogP contribution in [0.1, 0.15) is 23.7 Å². The van der Waals surface area contributed by atoms with Gasteiger partial charge in [-0.25, -0.2) is 9.18 Å². The maximum atomic E-state index is 13.7. The van der Waals surface area contributed by atoms with Crippen LogP contribution in [0.5, 0.6) is 0 Å². The molecule has 0 bridgehead atoms. The van der Waals surface area contributed by atoms with E-state index in [4.69, 9.17) is 0 Å². The van der Waals surface area contributed by atoms with Crippen molar-refractivity contribution >= 4 is 17.3 Å². The molecule has 0 radical (unpaired) electrons. The number of carbonyl (C=O) groups is 1. The lowest BCUT2D eigenvalue weighted by atomic mass is 10.1. The minimum atomic E-state index is -1.01. The van der Waals surface area contributed by atoms with E-state index in [9.17, 15) is 24.4 Å². The Morgan fingerprint density at radius 1 is 1.57 bits per heavy atom. The Morgan fingerprint density at radius 3 is 2.67 bits per heavy atom. The molecule has 21 heavy (non-hydrogen) atoms. The molecule has 0 aromatic heterocycles. The third kappa shape index (κ3) is 4.12. The number of nitrogens with zero attached hydrogens (tertiary/aromatic N) is 2. The maximum absolute atomic E-state index is 13.7. The topological polar surface area (TPSA) is 92.9 Å². The van der Waals surface area contributed by atoms with E-state index in [1.54, 1.807) is 14.0 Å². The lowest BCUT2D eigenvalue weighted by molar-refractivity contribution is -0.384. The van der Waals surface area contributed by atoms with Crippen LogP contribution < -0.4 is 4.90 Å². The number of benzene rings is 1. The van der Waals surface area contributed by atoms with Gasteiger partial charge in [0.05, 0.1) is 29.8 Å². The standard InChI is InChI=1S/C13H17FN2O5/c1-8(17)4-5-15(2)11-6-9(13(18)21-3)10(14)7-12(11)16(19)20/h6-8,17H,4-5H2,1-3H3. The number of aliphatic hydroxyl groups is 1. The van der Waals surface area contributed by atoms with Crippen LogP contribution in [0.15, 0.2) is 12.1 Å². The fraction of sp³-hybridized carbons (Fsp3) is 0.462. The van der Waals surface area contributed by atoms with Gasteiger partial charge < -0.3 is 14.7 Å². The van der Waals surface area contributed by atoms with E-state index in [1.165, 1.54) is 4.90 Å². The van der Waals surface area contributed by atoms with Gasteiger partial charge in [0.2, 0.25) is 0 Å². The van der Waals surface area contributed by atoms with E-state index in [-0.39, 0.29) is 11.3 Å². The zero-order chi connectivity index (χ0) is 16.2. The van der Waals surface area contributed by atoms with Gasteiger partial charge in [0, 0.05) is 13.6 Å². The van der Waals surface area contributed by atoms with E-state index in [2.05, 4.69) is 4.74 Å². The molecule has 0 heterocycles. The maximum Gasteiger partial charge on any atom is 0.340 e. The number of hydrogen-bond acceptors (Lipinski definition) is 6. The molecule has 1 atom stereocenters. The van der Waals surface area contributed by atoms with Crippen LogP contribution in [0.4, 0.5) is 15.8 Å². The third-order valence-corrected chi connectivity index (χ3v) is 2.96. The molecule has 8 heteroatoms. The first-order valence-corrected chi connectivity index (χ1v) is 6.23. The quantitative estimate of drug-likeness (QED) is 0.488. The second-order valence-corrected chi connectivity index (χ2v) is 4.63. The molecule has 7 nitrogen and oxygen atoms in total. The molecule has 0 aliphatic heterocycles. The Bertz CT molecular complexity index is 548. The smallest absolute Gasteiger partial charge is 0.340 e. The number of ether oxygens (including phenoxy) is 1. The monoisotopic (exact) mass is 300 g/mol. The van der Waals surface area contributed by atoms with Gasteiger partial charge in [0.15, 0.2) is 0 Å². The zero-order valence-corrected chi connectivity index (χ0v) is 12.0. The fourth-order valence-corrected chi connectivity index (χ4v) is 1.77. The molecular weight excluding hydrogens is 283 g/mol. The number of anilines is 1. The molecule has 0 aliphatic rings. The Kier molecular flexibility index (Phi) is 5.60. The highest BCUT2D eigenvalue weighted by Crippen LogP contribution is 2.31. The average molecular weight is 300 g/mol. The first-order chi connectivity index (χ1) is 9.77. The van der Waals surface area contributed by atoms with Crippen molar-refractivity contribution in [1.82, 2.24) is 0 Å². The summed E-state index contributed by atoms with van der Waals surface area (Å²) in [6, 6.07) is 1.78. The van der Waals surface area contributed by atoms with Crippen molar-refractivity contribution < 1.29 is 24.0 Å². The summed E-state index contributed by atoms with van der Waals surface area (Å²) in [6.45, 7) is 1.90. The molecular formula is C13H17FN2O5. The first-order valence-electron chi connectivity index (χ1n) is 6.23. The Hall–Kier alpha value is -2.22. The van der Waals surface area contributed by atoms with Gasteiger partial charge in [-0.1, -0.05) is 0 Å². The second kappa shape index (κ2) is 6.98. The number of esters is 1. The molecule has 0 amide bonds. The van der Waals surface area contributed by atoms with Gasteiger partial charge in [0.1, 0.15) is 11.5 Å². The minimum absolute atomic E-state index is 0.0856. The number of methoxy groups -OCH3 is 1.